The maximum atomic E-state index is 13.5. The molecule has 1 aromatic heterocycles. The van der Waals surface area contributed by atoms with Crippen molar-refractivity contribution in [2.24, 2.45) is 0 Å². The minimum Gasteiger partial charge on any atom is -0.255 e. The Morgan fingerprint density at radius 2 is 2.08 bits per heavy atom. The molecule has 0 spiro atoms. The summed E-state index contributed by atoms with van der Waals surface area (Å²) >= 11 is 0. The van der Waals surface area contributed by atoms with Crippen molar-refractivity contribution in [1.82, 2.24) is 4.98 Å². The van der Waals surface area contributed by atoms with Crippen molar-refractivity contribution in [1.29, 1.82) is 0 Å². The van der Waals surface area contributed by atoms with E-state index in [1.54, 1.807) is 6.07 Å². The van der Waals surface area contributed by atoms with Gasteiger partial charge in [-0.1, -0.05) is 23.1 Å². The average Bonchev–Trinajstić information content (AvgIpc) is 2.03. The first-order valence-corrected chi connectivity index (χ1v) is 4.74. The fourth-order valence-corrected chi connectivity index (χ4v) is 1.35. The van der Waals surface area contributed by atoms with E-state index in [0.717, 1.165) is 0 Å². The number of hydrogen-bond acceptors (Lipinski definition) is 1. The van der Waals surface area contributed by atoms with Gasteiger partial charge in [0, 0.05) is 6.20 Å². The van der Waals surface area contributed by atoms with Crippen LogP contribution in [0.1, 0.15) is 36.9 Å². The molecule has 72 valence electrons. The highest BCUT2D eigenvalue weighted by Crippen LogP contribution is 2.28. The Morgan fingerprint density at radius 1 is 1.46 bits per heavy atom. The summed E-state index contributed by atoms with van der Waals surface area (Å²) in [5.41, 5.74) is 0.381. The van der Waals surface area contributed by atoms with Gasteiger partial charge in [-0.05, 0) is 17.5 Å². The van der Waals surface area contributed by atoms with Crippen molar-refractivity contribution >= 4 is 9.24 Å². The van der Waals surface area contributed by atoms with E-state index in [0.29, 0.717) is 5.56 Å². The average molecular weight is 203 g/mol. The van der Waals surface area contributed by atoms with Crippen molar-refractivity contribution < 1.29 is 8.78 Å². The third-order valence-corrected chi connectivity index (χ3v) is 2.15. The molecule has 0 N–H and O–H groups in total. The van der Waals surface area contributed by atoms with Gasteiger partial charge in [0.05, 0.1) is 0 Å². The molecule has 13 heavy (non-hydrogen) atoms. The summed E-state index contributed by atoms with van der Waals surface area (Å²) in [4.78, 5) is 3.65. The predicted molar refractivity (Wildman–Crippen MR) is 51.8 cm³/mol. The van der Waals surface area contributed by atoms with Crippen LogP contribution >= 0.6 is 9.24 Å². The first kappa shape index (κ1) is 10.5. The van der Waals surface area contributed by atoms with E-state index in [-0.39, 0.29) is 11.6 Å². The van der Waals surface area contributed by atoms with Crippen LogP contribution in [0.4, 0.5) is 8.78 Å². The largest absolute Gasteiger partial charge is 0.255 e. The summed E-state index contributed by atoms with van der Waals surface area (Å²) in [5, 5.41) is 0. The van der Waals surface area contributed by atoms with Gasteiger partial charge in [0.15, 0.2) is 11.7 Å². The Bertz CT molecular complexity index is 273. The maximum absolute atomic E-state index is 13.5. The van der Waals surface area contributed by atoms with E-state index in [9.17, 15) is 8.78 Å². The Kier molecular flexibility index (Phi) is 3.32. The lowest BCUT2D eigenvalue weighted by molar-refractivity contribution is 0.434. The highest BCUT2D eigenvalue weighted by molar-refractivity contribution is 7.16. The van der Waals surface area contributed by atoms with Gasteiger partial charge < -0.3 is 0 Å². The topological polar surface area (TPSA) is 12.9 Å². The lowest BCUT2D eigenvalue weighted by atomic mass is 10.0. The van der Waals surface area contributed by atoms with Gasteiger partial charge in [0.25, 0.3) is 0 Å². The highest BCUT2D eigenvalue weighted by Gasteiger charge is 2.16. The number of rotatable bonds is 2. The predicted octanol–water partition coefficient (Wildman–Crippen LogP) is 3.19. The van der Waals surface area contributed by atoms with E-state index in [4.69, 9.17) is 0 Å². The van der Waals surface area contributed by atoms with Crippen LogP contribution in [0.15, 0.2) is 12.3 Å². The second-order valence-corrected chi connectivity index (χ2v) is 3.74. The SMILES string of the molecule is CC(C)c1ccnc(C(F)P)c1F. The quantitative estimate of drug-likeness (QED) is 0.672. The molecule has 0 fully saturated rings. The number of halogens is 2. The molecule has 0 aliphatic rings. The molecule has 0 saturated carbocycles. The third kappa shape index (κ3) is 2.22. The summed E-state index contributed by atoms with van der Waals surface area (Å²) in [6, 6.07) is 1.58. The zero-order valence-electron chi connectivity index (χ0n) is 7.59. The minimum atomic E-state index is -1.43. The summed E-state index contributed by atoms with van der Waals surface area (Å²) in [5.74, 6) is -1.91. The van der Waals surface area contributed by atoms with Crippen LogP contribution in [-0.4, -0.2) is 4.98 Å². The molecule has 0 aliphatic carbocycles. The number of pyridine rings is 1. The summed E-state index contributed by atoms with van der Waals surface area (Å²) < 4.78 is 26.3. The molecule has 1 aromatic rings. The van der Waals surface area contributed by atoms with E-state index in [1.165, 1.54) is 6.20 Å². The van der Waals surface area contributed by atoms with Crippen LogP contribution in [-0.2, 0) is 0 Å². The molecule has 0 saturated heterocycles. The monoisotopic (exact) mass is 203 g/mol. The van der Waals surface area contributed by atoms with Crippen LogP contribution in [0.5, 0.6) is 0 Å². The number of nitrogens with zero attached hydrogens (tertiary/aromatic N) is 1. The van der Waals surface area contributed by atoms with Gasteiger partial charge in [0.1, 0.15) is 5.69 Å². The second-order valence-electron chi connectivity index (χ2n) is 3.16. The Hall–Kier alpha value is -0.560. The molecule has 2 atom stereocenters. The number of alkyl halides is 1. The molecule has 1 rings (SSSR count). The van der Waals surface area contributed by atoms with Crippen molar-refractivity contribution in [3.8, 4) is 0 Å². The molecule has 1 nitrogen and oxygen atoms in total. The smallest absolute Gasteiger partial charge is 0.158 e. The van der Waals surface area contributed by atoms with Crippen molar-refractivity contribution in [3.63, 3.8) is 0 Å². The first-order valence-electron chi connectivity index (χ1n) is 4.08. The molecule has 2 unspecified atom stereocenters. The summed E-state index contributed by atoms with van der Waals surface area (Å²) in [6.45, 7) is 3.72. The molecule has 0 bridgehead atoms. The van der Waals surface area contributed by atoms with Gasteiger partial charge in [0.2, 0.25) is 0 Å². The molecule has 0 aliphatic heterocycles. The molecule has 1 heterocycles. The molecule has 4 heteroatoms. The van der Waals surface area contributed by atoms with Crippen LogP contribution in [0, 0.1) is 5.82 Å². The lowest BCUT2D eigenvalue weighted by Gasteiger charge is -2.10. The highest BCUT2D eigenvalue weighted by atomic mass is 31.0. The van der Waals surface area contributed by atoms with Crippen molar-refractivity contribution in [3.05, 3.63) is 29.3 Å². The van der Waals surface area contributed by atoms with E-state index >= 15 is 0 Å². The Labute approximate surface area is 78.8 Å². The standard InChI is InChI=1S/C9H12F2NP/c1-5(2)6-3-4-12-8(7(6)10)9(11)13/h3-5,9H,13H2,1-2H3. The fraction of sp³-hybridized carbons (Fsp3) is 0.444. The fourth-order valence-electron chi connectivity index (χ4n) is 1.11. The van der Waals surface area contributed by atoms with E-state index < -0.39 is 11.7 Å². The first-order chi connectivity index (χ1) is 6.04. The second kappa shape index (κ2) is 4.10. The molecule has 0 radical (unpaired) electrons. The van der Waals surface area contributed by atoms with Crippen LogP contribution in [0.2, 0.25) is 0 Å². The molecule has 0 amide bonds. The van der Waals surface area contributed by atoms with E-state index in [2.05, 4.69) is 4.98 Å². The normalized spacial score (nSPS) is 13.4. The minimum absolute atomic E-state index is 0.0468. The zero-order chi connectivity index (χ0) is 10.0. The van der Waals surface area contributed by atoms with Gasteiger partial charge >= 0.3 is 0 Å². The Morgan fingerprint density at radius 3 is 2.54 bits per heavy atom. The lowest BCUT2D eigenvalue weighted by Crippen LogP contribution is -2.01. The maximum Gasteiger partial charge on any atom is 0.158 e. The number of hydrogen-bond donors (Lipinski definition) is 0. The number of aromatic nitrogens is 1. The molecular weight excluding hydrogens is 191 g/mol. The van der Waals surface area contributed by atoms with E-state index in [1.807, 2.05) is 23.1 Å². The van der Waals surface area contributed by atoms with Gasteiger partial charge in [-0.25, -0.2) is 8.78 Å². The Balaban J connectivity index is 3.18. The summed E-state index contributed by atoms with van der Waals surface area (Å²) in [7, 11) is 1.89. The van der Waals surface area contributed by atoms with Crippen LogP contribution < -0.4 is 0 Å². The summed E-state index contributed by atoms with van der Waals surface area (Å²) in [6.07, 6.45) is 1.43. The van der Waals surface area contributed by atoms with Crippen molar-refractivity contribution in [2.75, 3.05) is 0 Å². The zero-order valence-corrected chi connectivity index (χ0v) is 8.74. The van der Waals surface area contributed by atoms with Gasteiger partial charge in [-0.15, -0.1) is 0 Å². The van der Waals surface area contributed by atoms with Gasteiger partial charge in [-0.2, -0.15) is 0 Å². The third-order valence-electron chi connectivity index (χ3n) is 1.83. The van der Waals surface area contributed by atoms with Crippen LogP contribution in [0.25, 0.3) is 0 Å². The molecular formula is C9H12F2NP. The van der Waals surface area contributed by atoms with Crippen LogP contribution in [0.3, 0.4) is 0 Å². The van der Waals surface area contributed by atoms with Crippen molar-refractivity contribution in [2.45, 2.75) is 25.7 Å². The molecule has 0 aromatic carbocycles. The van der Waals surface area contributed by atoms with Gasteiger partial charge in [-0.3, -0.25) is 4.98 Å².